The Morgan fingerprint density at radius 1 is 0.681 bits per heavy atom. The largest absolute Gasteiger partial charge is 0.493 e. The molecular formula is C38H68N2O7. The Morgan fingerprint density at radius 3 is 1.57 bits per heavy atom. The van der Waals surface area contributed by atoms with Gasteiger partial charge in [0.1, 0.15) is 11.5 Å². The molecule has 3 N–H and O–H groups in total. The van der Waals surface area contributed by atoms with E-state index in [-0.39, 0.29) is 39.9 Å². The van der Waals surface area contributed by atoms with E-state index >= 15 is 0 Å². The summed E-state index contributed by atoms with van der Waals surface area (Å²) in [6.07, 6.45) is 8.86. The highest BCUT2D eigenvalue weighted by atomic mass is 16.5. The molecular weight excluding hydrogens is 596 g/mol. The second-order valence-electron chi connectivity index (χ2n) is 10.7. The van der Waals surface area contributed by atoms with Gasteiger partial charge in [0.05, 0.1) is 33.0 Å². The van der Waals surface area contributed by atoms with Crippen molar-refractivity contribution in [1.29, 1.82) is 0 Å². The third kappa shape index (κ3) is 28.8. The molecule has 2 aromatic rings. The van der Waals surface area contributed by atoms with Gasteiger partial charge in [-0.15, -0.1) is 0 Å². The predicted octanol–water partition coefficient (Wildman–Crippen LogP) is 7.13. The van der Waals surface area contributed by atoms with Gasteiger partial charge in [0.25, 0.3) is 0 Å². The molecule has 0 fully saturated rings. The number of rotatable bonds is 21. The monoisotopic (exact) mass is 665 g/mol. The molecule has 0 atom stereocenters. The van der Waals surface area contributed by atoms with E-state index in [1.807, 2.05) is 49.4 Å². The maximum atomic E-state index is 11.3. The molecule has 0 bridgehead atoms. The van der Waals surface area contributed by atoms with E-state index in [4.69, 9.17) is 19.7 Å². The van der Waals surface area contributed by atoms with Crippen molar-refractivity contribution >= 4 is 11.9 Å². The SMILES string of the molecule is C.C.CC(=O)N(CCO)CCCCCCOc1ccccc1C.CCOC(C)=O.Cc1ccccc1OCCCCCCNCCO. The first-order chi connectivity index (χ1) is 21.8. The van der Waals surface area contributed by atoms with Gasteiger partial charge in [-0.1, -0.05) is 76.9 Å². The number of nitrogens with one attached hydrogen (secondary N) is 1. The topological polar surface area (TPSA) is 118 Å². The van der Waals surface area contributed by atoms with Gasteiger partial charge < -0.3 is 34.6 Å². The zero-order valence-electron chi connectivity index (χ0n) is 28.5. The van der Waals surface area contributed by atoms with Gasteiger partial charge >= 0.3 is 5.97 Å². The summed E-state index contributed by atoms with van der Waals surface area (Å²) >= 11 is 0. The number of hydrogen-bond acceptors (Lipinski definition) is 8. The lowest BCUT2D eigenvalue weighted by molar-refractivity contribution is -0.140. The summed E-state index contributed by atoms with van der Waals surface area (Å²) in [6, 6.07) is 16.2. The molecule has 0 aliphatic carbocycles. The summed E-state index contributed by atoms with van der Waals surface area (Å²) in [5, 5.41) is 20.6. The van der Waals surface area contributed by atoms with Gasteiger partial charge in [0, 0.05) is 33.5 Å². The molecule has 0 radical (unpaired) electrons. The molecule has 0 aliphatic heterocycles. The van der Waals surface area contributed by atoms with E-state index < -0.39 is 0 Å². The van der Waals surface area contributed by atoms with Crippen LogP contribution in [-0.2, 0) is 14.3 Å². The van der Waals surface area contributed by atoms with E-state index in [2.05, 4.69) is 23.0 Å². The van der Waals surface area contributed by atoms with Crippen molar-refractivity contribution in [1.82, 2.24) is 10.2 Å². The number of unbranched alkanes of at least 4 members (excludes halogenated alkanes) is 6. The number of esters is 1. The zero-order chi connectivity index (χ0) is 33.5. The van der Waals surface area contributed by atoms with Crippen molar-refractivity contribution in [2.24, 2.45) is 0 Å². The van der Waals surface area contributed by atoms with Crippen molar-refractivity contribution in [3.05, 3.63) is 59.7 Å². The zero-order valence-corrected chi connectivity index (χ0v) is 28.5. The van der Waals surface area contributed by atoms with E-state index in [1.165, 1.54) is 37.3 Å². The maximum Gasteiger partial charge on any atom is 0.302 e. The van der Waals surface area contributed by atoms with E-state index in [1.54, 1.807) is 18.7 Å². The Balaban J connectivity index is -0.000000682. The smallest absolute Gasteiger partial charge is 0.302 e. The van der Waals surface area contributed by atoms with Gasteiger partial charge in [-0.05, 0) is 76.3 Å². The Labute approximate surface area is 287 Å². The number of aryl methyl sites for hydroxylation is 2. The first-order valence-corrected chi connectivity index (χ1v) is 16.4. The van der Waals surface area contributed by atoms with Crippen molar-refractivity contribution in [3.63, 3.8) is 0 Å². The van der Waals surface area contributed by atoms with Crippen LogP contribution in [0.5, 0.6) is 11.5 Å². The molecule has 0 heterocycles. The minimum atomic E-state index is -0.211. The van der Waals surface area contributed by atoms with Crippen LogP contribution in [0.15, 0.2) is 48.5 Å². The van der Waals surface area contributed by atoms with E-state index in [0.717, 1.165) is 69.9 Å². The van der Waals surface area contributed by atoms with Crippen LogP contribution >= 0.6 is 0 Å². The quantitative estimate of drug-likeness (QED) is 0.0953. The number of hydrogen-bond donors (Lipinski definition) is 3. The Hall–Kier alpha value is -3.14. The van der Waals surface area contributed by atoms with Crippen molar-refractivity contribution in [2.75, 3.05) is 59.2 Å². The molecule has 47 heavy (non-hydrogen) atoms. The summed E-state index contributed by atoms with van der Waals surface area (Å²) in [7, 11) is 0. The fourth-order valence-electron chi connectivity index (χ4n) is 4.22. The Morgan fingerprint density at radius 2 is 1.17 bits per heavy atom. The average molecular weight is 665 g/mol. The van der Waals surface area contributed by atoms with Crippen molar-refractivity contribution in [2.45, 2.75) is 101 Å². The number of benzene rings is 2. The van der Waals surface area contributed by atoms with Gasteiger partial charge in [-0.3, -0.25) is 9.59 Å². The van der Waals surface area contributed by atoms with Crippen LogP contribution in [0.1, 0.15) is 98.1 Å². The molecule has 2 aromatic carbocycles. The molecule has 272 valence electrons. The lowest BCUT2D eigenvalue weighted by Crippen LogP contribution is -2.32. The molecule has 9 heteroatoms. The minimum absolute atomic E-state index is 0. The van der Waals surface area contributed by atoms with Gasteiger partial charge in [0.2, 0.25) is 5.91 Å². The third-order valence-electron chi connectivity index (χ3n) is 6.72. The number of para-hydroxylation sites is 2. The van der Waals surface area contributed by atoms with Crippen LogP contribution in [0.2, 0.25) is 0 Å². The first-order valence-electron chi connectivity index (χ1n) is 16.4. The van der Waals surface area contributed by atoms with E-state index in [9.17, 15) is 9.59 Å². The summed E-state index contributed by atoms with van der Waals surface area (Å²) < 4.78 is 15.9. The van der Waals surface area contributed by atoms with Gasteiger partial charge in [-0.25, -0.2) is 0 Å². The fourth-order valence-corrected chi connectivity index (χ4v) is 4.22. The maximum absolute atomic E-state index is 11.3. The number of aliphatic hydroxyl groups is 2. The van der Waals surface area contributed by atoms with Crippen LogP contribution in [0.25, 0.3) is 0 Å². The number of ether oxygens (including phenoxy) is 3. The normalized spacial score (nSPS) is 9.68. The second kappa shape index (κ2) is 34.2. The molecule has 1 amide bonds. The Bertz CT molecular complexity index is 1000. The molecule has 0 aliphatic rings. The Kier molecular flexibility index (Phi) is 35.1. The predicted molar refractivity (Wildman–Crippen MR) is 195 cm³/mol. The van der Waals surface area contributed by atoms with Crippen LogP contribution in [0.4, 0.5) is 0 Å². The standard InChI is InChI=1S/C17H27NO3.C15H25NO2.C4H8O2.2CH4/c1-15-9-5-6-10-17(15)21-14-8-4-3-7-11-18(12-13-19)16(2)20;1-14-8-4-5-9-15(14)18-13-7-3-2-6-10-16-11-12-17;1-3-6-4(2)5;;/h5-6,9-10,19H,3-4,7-8,11-14H2,1-2H3;4-5,8-9,16-17H,2-3,6-7,10-13H2,1H3;3H2,1-2H3;2*1H4. The van der Waals surface area contributed by atoms with Crippen LogP contribution < -0.4 is 14.8 Å². The molecule has 0 saturated carbocycles. The average Bonchev–Trinajstić information content (AvgIpc) is 3.01. The lowest BCUT2D eigenvalue weighted by atomic mass is 10.2. The van der Waals surface area contributed by atoms with E-state index in [0.29, 0.717) is 19.7 Å². The van der Waals surface area contributed by atoms with Gasteiger partial charge in [0.15, 0.2) is 0 Å². The molecule has 2 rings (SSSR count). The minimum Gasteiger partial charge on any atom is -0.493 e. The highest BCUT2D eigenvalue weighted by Gasteiger charge is 2.06. The van der Waals surface area contributed by atoms with Crippen LogP contribution in [0.3, 0.4) is 0 Å². The third-order valence-corrected chi connectivity index (χ3v) is 6.72. The highest BCUT2D eigenvalue weighted by molar-refractivity contribution is 5.73. The summed E-state index contributed by atoms with van der Waals surface area (Å²) in [6.45, 7) is 14.0. The summed E-state index contributed by atoms with van der Waals surface area (Å²) in [5.74, 6) is 1.79. The van der Waals surface area contributed by atoms with Crippen molar-refractivity contribution in [3.8, 4) is 11.5 Å². The first kappa shape index (κ1) is 48.3. The summed E-state index contributed by atoms with van der Waals surface area (Å²) in [5.41, 5.74) is 2.37. The number of aliphatic hydroxyl groups excluding tert-OH is 2. The number of nitrogens with zero attached hydrogens (tertiary/aromatic N) is 1. The highest BCUT2D eigenvalue weighted by Crippen LogP contribution is 2.17. The summed E-state index contributed by atoms with van der Waals surface area (Å²) in [4.78, 5) is 22.8. The molecule has 0 unspecified atom stereocenters. The van der Waals surface area contributed by atoms with Gasteiger partial charge in [-0.2, -0.15) is 0 Å². The number of amides is 1. The lowest BCUT2D eigenvalue weighted by Gasteiger charge is -2.19. The molecule has 0 aromatic heterocycles. The fraction of sp³-hybridized carbons (Fsp3) is 0.632. The molecule has 9 nitrogen and oxygen atoms in total. The second-order valence-corrected chi connectivity index (χ2v) is 10.7. The van der Waals surface area contributed by atoms with Crippen molar-refractivity contribution < 1.29 is 34.0 Å². The molecule has 0 spiro atoms. The van der Waals surface area contributed by atoms with Crippen LogP contribution in [-0.4, -0.2) is 86.2 Å². The number of carbonyl (C=O) groups excluding carboxylic acids is 2. The number of carbonyl (C=O) groups is 2. The molecule has 0 saturated heterocycles. The van der Waals surface area contributed by atoms with Crippen LogP contribution in [0, 0.1) is 13.8 Å².